The minimum absolute atomic E-state index is 0.0982. The molecule has 5 rings (SSSR count). The number of benzene rings is 2. The van der Waals surface area contributed by atoms with Crippen molar-refractivity contribution in [2.24, 2.45) is 0 Å². The van der Waals surface area contributed by atoms with Crippen LogP contribution in [0.5, 0.6) is 5.75 Å². The van der Waals surface area contributed by atoms with Crippen LogP contribution in [-0.4, -0.2) is 96.9 Å². The standard InChI is InChI=1S/C26H34N8O3S/c1-32-13-15-34(16-14-32)19-9-11-33(12-10-19)20-7-8-21(23(35)17-20)29-25-27-18-28-26(31-25)30-22-5-3-4-6-24(22)38(2,36)37/h3-8,17-19,35H,9-16H2,1-2H3,(H2,27,28,29,30,31). The van der Waals surface area contributed by atoms with Crippen molar-refractivity contribution in [1.82, 2.24) is 24.8 Å². The van der Waals surface area contributed by atoms with E-state index in [2.05, 4.69) is 47.3 Å². The van der Waals surface area contributed by atoms with E-state index in [1.165, 1.54) is 12.4 Å². The van der Waals surface area contributed by atoms with E-state index in [4.69, 9.17) is 0 Å². The van der Waals surface area contributed by atoms with Crippen LogP contribution >= 0.6 is 0 Å². The van der Waals surface area contributed by atoms with Crippen LogP contribution in [0.25, 0.3) is 0 Å². The average molecular weight is 539 g/mol. The Morgan fingerprint density at radius 3 is 2.21 bits per heavy atom. The van der Waals surface area contributed by atoms with Crippen LogP contribution in [0.2, 0.25) is 0 Å². The van der Waals surface area contributed by atoms with E-state index in [1.54, 1.807) is 24.3 Å². The Kier molecular flexibility index (Phi) is 7.63. The van der Waals surface area contributed by atoms with Gasteiger partial charge in [0, 0.05) is 63.3 Å². The van der Waals surface area contributed by atoms with E-state index in [1.807, 2.05) is 12.1 Å². The van der Waals surface area contributed by atoms with Crippen molar-refractivity contribution in [2.75, 3.05) is 68.1 Å². The molecule has 38 heavy (non-hydrogen) atoms. The summed E-state index contributed by atoms with van der Waals surface area (Å²) in [4.78, 5) is 20.0. The van der Waals surface area contributed by atoms with Gasteiger partial charge in [-0.25, -0.2) is 18.4 Å². The fourth-order valence-electron chi connectivity index (χ4n) is 5.05. The van der Waals surface area contributed by atoms with E-state index in [0.717, 1.165) is 64.1 Å². The van der Waals surface area contributed by atoms with E-state index < -0.39 is 9.84 Å². The van der Waals surface area contributed by atoms with Crippen LogP contribution in [-0.2, 0) is 9.84 Å². The van der Waals surface area contributed by atoms with Crippen LogP contribution in [0.4, 0.5) is 29.0 Å². The summed E-state index contributed by atoms with van der Waals surface area (Å²) >= 11 is 0. The maximum atomic E-state index is 12.1. The second-order valence-corrected chi connectivity index (χ2v) is 11.9. The number of hydrogen-bond acceptors (Lipinski definition) is 11. The minimum Gasteiger partial charge on any atom is -0.506 e. The van der Waals surface area contributed by atoms with Gasteiger partial charge in [0.2, 0.25) is 11.9 Å². The first-order valence-electron chi connectivity index (χ1n) is 12.8. The third kappa shape index (κ3) is 6.14. The van der Waals surface area contributed by atoms with Crippen LogP contribution in [0.3, 0.4) is 0 Å². The molecule has 3 heterocycles. The lowest BCUT2D eigenvalue weighted by Gasteiger charge is -2.42. The number of rotatable bonds is 7. The summed E-state index contributed by atoms with van der Waals surface area (Å²) < 4.78 is 24.2. The molecule has 0 bridgehead atoms. The van der Waals surface area contributed by atoms with Gasteiger partial charge < -0.3 is 25.5 Å². The molecule has 0 unspecified atom stereocenters. The van der Waals surface area contributed by atoms with E-state index in [-0.39, 0.29) is 22.5 Å². The Morgan fingerprint density at radius 1 is 0.895 bits per heavy atom. The molecule has 1 aromatic heterocycles. The zero-order chi connectivity index (χ0) is 26.7. The number of hydrogen-bond donors (Lipinski definition) is 3. The van der Waals surface area contributed by atoms with Crippen LogP contribution in [0, 0.1) is 0 Å². The molecule has 2 aliphatic heterocycles. The highest BCUT2D eigenvalue weighted by molar-refractivity contribution is 7.90. The number of para-hydroxylation sites is 1. The molecular weight excluding hydrogens is 504 g/mol. The second kappa shape index (κ2) is 11.1. The molecule has 11 nitrogen and oxygen atoms in total. The highest BCUT2D eigenvalue weighted by Crippen LogP contribution is 2.32. The third-order valence-electron chi connectivity index (χ3n) is 7.22. The second-order valence-electron chi connectivity index (χ2n) is 9.91. The summed E-state index contributed by atoms with van der Waals surface area (Å²) in [7, 11) is -1.25. The lowest BCUT2D eigenvalue weighted by atomic mass is 10.0. The number of sulfone groups is 1. The molecule has 12 heteroatoms. The SMILES string of the molecule is CN1CCN(C2CCN(c3ccc(Nc4ncnc(Nc5ccccc5S(C)(=O)=O)n4)c(O)c3)CC2)CC1. The number of likely N-dealkylation sites (N-methyl/N-ethyl adjacent to an activating group) is 1. The lowest BCUT2D eigenvalue weighted by molar-refractivity contribution is 0.0982. The number of phenols is 1. The summed E-state index contributed by atoms with van der Waals surface area (Å²) in [6.45, 7) is 6.47. The number of phenolic OH excluding ortho intramolecular Hbond substituents is 1. The predicted molar refractivity (Wildman–Crippen MR) is 148 cm³/mol. The summed E-state index contributed by atoms with van der Waals surface area (Å²) in [5.74, 6) is 0.495. The van der Waals surface area contributed by atoms with E-state index in [9.17, 15) is 13.5 Å². The Balaban J connectivity index is 1.22. The van der Waals surface area contributed by atoms with E-state index in [0.29, 0.717) is 17.4 Å². The summed E-state index contributed by atoms with van der Waals surface area (Å²) in [6, 6.07) is 12.7. The van der Waals surface area contributed by atoms with Crippen molar-refractivity contribution < 1.29 is 13.5 Å². The summed E-state index contributed by atoms with van der Waals surface area (Å²) in [5, 5.41) is 16.7. The topological polar surface area (TPSA) is 127 Å². The highest BCUT2D eigenvalue weighted by atomic mass is 32.2. The van der Waals surface area contributed by atoms with Gasteiger partial charge in [0.25, 0.3) is 0 Å². The molecule has 0 amide bonds. The third-order valence-corrected chi connectivity index (χ3v) is 8.37. The molecule has 2 fully saturated rings. The van der Waals surface area contributed by atoms with Gasteiger partial charge in [-0.2, -0.15) is 4.98 Å². The van der Waals surface area contributed by atoms with Gasteiger partial charge in [-0.15, -0.1) is 0 Å². The van der Waals surface area contributed by atoms with Gasteiger partial charge in [0.15, 0.2) is 9.84 Å². The molecule has 202 valence electrons. The number of anilines is 5. The Hall–Kier alpha value is -3.48. The molecular formula is C26H34N8O3S. The highest BCUT2D eigenvalue weighted by Gasteiger charge is 2.27. The maximum Gasteiger partial charge on any atom is 0.232 e. The monoisotopic (exact) mass is 538 g/mol. The molecule has 0 spiro atoms. The minimum atomic E-state index is -3.43. The number of aromatic hydroxyl groups is 1. The lowest BCUT2D eigenvalue weighted by Crippen LogP contribution is -2.52. The smallest absolute Gasteiger partial charge is 0.232 e. The molecule has 2 saturated heterocycles. The van der Waals surface area contributed by atoms with Gasteiger partial charge >= 0.3 is 0 Å². The predicted octanol–water partition coefficient (Wildman–Crippen LogP) is 2.68. The summed E-state index contributed by atoms with van der Waals surface area (Å²) in [6.07, 6.45) is 4.70. The van der Waals surface area contributed by atoms with Crippen molar-refractivity contribution in [3.8, 4) is 5.75 Å². The summed E-state index contributed by atoms with van der Waals surface area (Å²) in [5.41, 5.74) is 1.82. The maximum absolute atomic E-state index is 12.1. The number of nitrogens with zero attached hydrogens (tertiary/aromatic N) is 6. The van der Waals surface area contributed by atoms with Gasteiger partial charge in [-0.1, -0.05) is 12.1 Å². The Bertz CT molecular complexity index is 1370. The van der Waals surface area contributed by atoms with Crippen molar-refractivity contribution in [3.63, 3.8) is 0 Å². The quantitative estimate of drug-likeness (QED) is 0.384. The average Bonchev–Trinajstić information content (AvgIpc) is 2.90. The number of piperidine rings is 1. The number of nitrogens with one attached hydrogen (secondary N) is 2. The van der Waals surface area contributed by atoms with Crippen molar-refractivity contribution in [3.05, 3.63) is 48.8 Å². The normalized spacial score (nSPS) is 17.9. The molecule has 0 radical (unpaired) electrons. The number of piperazine rings is 1. The van der Waals surface area contributed by atoms with Crippen LogP contribution in [0.1, 0.15) is 12.8 Å². The fourth-order valence-corrected chi connectivity index (χ4v) is 5.89. The first-order chi connectivity index (χ1) is 18.3. The van der Waals surface area contributed by atoms with Gasteiger partial charge in [-0.05, 0) is 44.2 Å². The van der Waals surface area contributed by atoms with Crippen molar-refractivity contribution in [2.45, 2.75) is 23.8 Å². The Morgan fingerprint density at radius 2 is 1.55 bits per heavy atom. The van der Waals surface area contributed by atoms with Crippen molar-refractivity contribution in [1.29, 1.82) is 0 Å². The van der Waals surface area contributed by atoms with Gasteiger partial charge in [-0.3, -0.25) is 4.90 Å². The van der Waals surface area contributed by atoms with Crippen LogP contribution < -0.4 is 15.5 Å². The first kappa shape index (κ1) is 26.1. The fraction of sp³-hybridized carbons (Fsp3) is 0.423. The molecule has 0 saturated carbocycles. The molecule has 2 aromatic carbocycles. The van der Waals surface area contributed by atoms with E-state index >= 15 is 0 Å². The molecule has 0 atom stereocenters. The zero-order valence-corrected chi connectivity index (χ0v) is 22.5. The molecule has 2 aliphatic rings. The zero-order valence-electron chi connectivity index (χ0n) is 21.7. The van der Waals surface area contributed by atoms with Gasteiger partial charge in [0.1, 0.15) is 12.1 Å². The largest absolute Gasteiger partial charge is 0.506 e. The molecule has 3 N–H and O–H groups in total. The van der Waals surface area contributed by atoms with Crippen LogP contribution in [0.15, 0.2) is 53.7 Å². The molecule has 0 aliphatic carbocycles. The number of aromatic nitrogens is 3. The van der Waals surface area contributed by atoms with Gasteiger partial charge in [0.05, 0.1) is 16.3 Å². The Labute approximate surface area is 223 Å². The van der Waals surface area contributed by atoms with Crippen molar-refractivity contribution >= 4 is 38.8 Å². The first-order valence-corrected chi connectivity index (χ1v) is 14.7. The molecule has 3 aromatic rings.